The molecule has 2 heterocycles. The lowest BCUT2D eigenvalue weighted by Gasteiger charge is -2.35. The Bertz CT molecular complexity index is 396. The minimum atomic E-state index is 0.534. The Balaban J connectivity index is 2.15. The number of hydrazine groups is 1. The molecule has 0 bridgehead atoms. The molecule has 1 aliphatic heterocycles. The predicted molar refractivity (Wildman–Crippen MR) is 80.5 cm³/mol. The van der Waals surface area contributed by atoms with E-state index in [0.29, 0.717) is 11.9 Å². The van der Waals surface area contributed by atoms with Crippen molar-refractivity contribution in [3.63, 3.8) is 0 Å². The minimum absolute atomic E-state index is 0.534. The van der Waals surface area contributed by atoms with Crippen LogP contribution in [-0.2, 0) is 0 Å². The first-order chi connectivity index (χ1) is 9.13. The van der Waals surface area contributed by atoms with Gasteiger partial charge in [0, 0.05) is 19.2 Å². The van der Waals surface area contributed by atoms with Gasteiger partial charge in [0.2, 0.25) is 0 Å². The normalized spacial score (nSPS) is 17.5. The molecule has 19 heavy (non-hydrogen) atoms. The summed E-state index contributed by atoms with van der Waals surface area (Å²) in [6.07, 6.45) is 4.29. The van der Waals surface area contributed by atoms with Crippen LogP contribution in [0.1, 0.15) is 12.8 Å². The average Bonchev–Trinajstić information content (AvgIpc) is 2.46. The largest absolute Gasteiger partial charge is 0.356 e. The fraction of sp³-hybridized carbons (Fsp3) is 0.667. The van der Waals surface area contributed by atoms with Crippen molar-refractivity contribution < 1.29 is 0 Å². The minimum Gasteiger partial charge on any atom is -0.356 e. The number of likely N-dealkylation sites (tertiary alicyclic amines) is 1. The lowest BCUT2D eigenvalue weighted by atomic mass is 10.0. The molecule has 0 radical (unpaired) electrons. The van der Waals surface area contributed by atoms with Crippen LogP contribution in [0.25, 0.3) is 0 Å². The van der Waals surface area contributed by atoms with Gasteiger partial charge in [-0.3, -0.25) is 0 Å². The molecule has 0 aromatic carbocycles. The highest BCUT2D eigenvalue weighted by Crippen LogP contribution is 2.24. The summed E-state index contributed by atoms with van der Waals surface area (Å²) in [4.78, 5) is 13.5. The van der Waals surface area contributed by atoms with Crippen molar-refractivity contribution >= 4 is 23.4 Å². The number of piperidine rings is 1. The van der Waals surface area contributed by atoms with E-state index in [1.165, 1.54) is 11.8 Å². The molecule has 0 atom stereocenters. The van der Waals surface area contributed by atoms with Crippen LogP contribution in [0.4, 0.5) is 11.6 Å². The molecule has 1 saturated heterocycles. The van der Waals surface area contributed by atoms with Crippen LogP contribution in [0.5, 0.6) is 0 Å². The van der Waals surface area contributed by atoms with Crippen molar-refractivity contribution in [3.8, 4) is 0 Å². The topological polar surface area (TPSA) is 70.3 Å². The van der Waals surface area contributed by atoms with Gasteiger partial charge in [0.25, 0.3) is 0 Å². The highest BCUT2D eigenvalue weighted by atomic mass is 32.2. The number of aromatic nitrogens is 2. The number of rotatable bonds is 4. The van der Waals surface area contributed by atoms with Crippen molar-refractivity contribution in [1.29, 1.82) is 0 Å². The van der Waals surface area contributed by atoms with E-state index in [2.05, 4.69) is 39.3 Å². The third-order valence-corrected chi connectivity index (χ3v) is 4.17. The summed E-state index contributed by atoms with van der Waals surface area (Å²) < 4.78 is 0. The maximum absolute atomic E-state index is 5.46. The summed E-state index contributed by atoms with van der Waals surface area (Å²) >= 11 is 1.52. The maximum atomic E-state index is 5.46. The van der Waals surface area contributed by atoms with Gasteiger partial charge in [0.05, 0.1) is 0 Å². The van der Waals surface area contributed by atoms with E-state index in [-0.39, 0.29) is 0 Å². The van der Waals surface area contributed by atoms with Crippen molar-refractivity contribution in [3.05, 3.63) is 6.07 Å². The second-order valence-electron chi connectivity index (χ2n) is 4.89. The average molecular weight is 282 g/mol. The van der Waals surface area contributed by atoms with E-state index in [0.717, 1.165) is 36.9 Å². The highest BCUT2D eigenvalue weighted by molar-refractivity contribution is 7.98. The fourth-order valence-corrected chi connectivity index (χ4v) is 2.70. The zero-order valence-electron chi connectivity index (χ0n) is 11.8. The second kappa shape index (κ2) is 6.40. The number of nitrogen functional groups attached to an aromatic ring is 1. The molecule has 0 saturated carbocycles. The number of hydrogen-bond donors (Lipinski definition) is 2. The molecule has 1 aromatic rings. The molecule has 0 aliphatic carbocycles. The molecule has 7 heteroatoms. The van der Waals surface area contributed by atoms with Crippen molar-refractivity contribution in [2.24, 2.45) is 5.84 Å². The number of hydrogen-bond acceptors (Lipinski definition) is 7. The van der Waals surface area contributed by atoms with Gasteiger partial charge in [-0.15, -0.1) is 0 Å². The molecular weight excluding hydrogens is 260 g/mol. The standard InChI is InChI=1S/C12H22N6S/c1-17-6-4-9(5-7-17)18(2)11-8-10(16-13)14-12(15-11)19-3/h8-9H,4-7,13H2,1-3H3,(H,14,15,16). The van der Waals surface area contributed by atoms with Crippen LogP contribution in [0.3, 0.4) is 0 Å². The molecule has 0 spiro atoms. The van der Waals surface area contributed by atoms with Crippen LogP contribution in [-0.4, -0.2) is 54.4 Å². The van der Waals surface area contributed by atoms with Gasteiger partial charge < -0.3 is 15.2 Å². The Kier molecular flexibility index (Phi) is 4.84. The maximum Gasteiger partial charge on any atom is 0.191 e. The van der Waals surface area contributed by atoms with Crippen molar-refractivity contribution in [2.45, 2.75) is 24.0 Å². The number of thioether (sulfide) groups is 1. The van der Waals surface area contributed by atoms with Gasteiger partial charge in [0.15, 0.2) is 5.16 Å². The molecule has 3 N–H and O–H groups in total. The highest BCUT2D eigenvalue weighted by Gasteiger charge is 2.22. The van der Waals surface area contributed by atoms with E-state index >= 15 is 0 Å². The fourth-order valence-electron chi connectivity index (χ4n) is 2.33. The summed E-state index contributed by atoms with van der Waals surface area (Å²) in [5, 5.41) is 0.741. The molecular formula is C12H22N6S. The monoisotopic (exact) mass is 282 g/mol. The zero-order valence-corrected chi connectivity index (χ0v) is 12.6. The van der Waals surface area contributed by atoms with Crippen LogP contribution < -0.4 is 16.2 Å². The van der Waals surface area contributed by atoms with Crippen molar-refractivity contribution in [1.82, 2.24) is 14.9 Å². The first-order valence-electron chi connectivity index (χ1n) is 6.45. The van der Waals surface area contributed by atoms with E-state index in [1.54, 1.807) is 0 Å². The molecule has 6 nitrogen and oxygen atoms in total. The third kappa shape index (κ3) is 3.49. The Morgan fingerprint density at radius 2 is 2.11 bits per heavy atom. The van der Waals surface area contributed by atoms with Crippen molar-refractivity contribution in [2.75, 3.05) is 43.8 Å². The van der Waals surface area contributed by atoms with E-state index in [1.807, 2.05) is 12.3 Å². The smallest absolute Gasteiger partial charge is 0.191 e. The van der Waals surface area contributed by atoms with Gasteiger partial charge in [-0.1, -0.05) is 11.8 Å². The number of anilines is 2. The number of nitrogens with zero attached hydrogens (tertiary/aromatic N) is 4. The first-order valence-corrected chi connectivity index (χ1v) is 7.67. The molecule has 1 aliphatic rings. The Hall–Kier alpha value is -1.05. The van der Waals surface area contributed by atoms with Crippen LogP contribution in [0.15, 0.2) is 11.2 Å². The van der Waals surface area contributed by atoms with Crippen LogP contribution in [0, 0.1) is 0 Å². The molecule has 1 fully saturated rings. The first kappa shape index (κ1) is 14.4. The molecule has 1 aromatic heterocycles. The molecule has 2 rings (SSSR count). The third-order valence-electron chi connectivity index (χ3n) is 3.62. The quantitative estimate of drug-likeness (QED) is 0.370. The summed E-state index contributed by atoms with van der Waals surface area (Å²) in [6, 6.07) is 2.43. The van der Waals surface area contributed by atoms with Gasteiger partial charge in [-0.25, -0.2) is 15.8 Å². The van der Waals surface area contributed by atoms with E-state index in [4.69, 9.17) is 5.84 Å². The lowest BCUT2D eigenvalue weighted by Crippen LogP contribution is -2.42. The van der Waals surface area contributed by atoms with Crippen LogP contribution in [0.2, 0.25) is 0 Å². The second-order valence-corrected chi connectivity index (χ2v) is 5.66. The van der Waals surface area contributed by atoms with Gasteiger partial charge >= 0.3 is 0 Å². The Morgan fingerprint density at radius 1 is 1.42 bits per heavy atom. The number of nitrogens with two attached hydrogens (primary N) is 1. The Morgan fingerprint density at radius 3 is 2.68 bits per heavy atom. The van der Waals surface area contributed by atoms with Gasteiger partial charge in [-0.05, 0) is 39.2 Å². The van der Waals surface area contributed by atoms with Gasteiger partial charge in [0.1, 0.15) is 11.6 Å². The van der Waals surface area contributed by atoms with Crippen LogP contribution >= 0.6 is 11.8 Å². The molecule has 0 unspecified atom stereocenters. The summed E-state index contributed by atoms with van der Waals surface area (Å²) in [5.74, 6) is 7.06. The summed E-state index contributed by atoms with van der Waals surface area (Å²) in [6.45, 7) is 2.27. The molecule has 106 valence electrons. The van der Waals surface area contributed by atoms with E-state index in [9.17, 15) is 0 Å². The Labute approximate surface area is 118 Å². The lowest BCUT2D eigenvalue weighted by molar-refractivity contribution is 0.252. The van der Waals surface area contributed by atoms with E-state index < -0.39 is 0 Å². The summed E-state index contributed by atoms with van der Waals surface area (Å²) in [5.41, 5.74) is 2.61. The molecule has 0 amide bonds. The number of nitrogens with one attached hydrogen (secondary N) is 1. The zero-order chi connectivity index (χ0) is 13.8. The predicted octanol–water partition coefficient (Wildman–Crippen LogP) is 1.01. The summed E-state index contributed by atoms with van der Waals surface area (Å²) in [7, 11) is 4.27. The SMILES string of the molecule is CSc1nc(NN)cc(N(C)C2CCN(C)CC2)n1. The van der Waals surface area contributed by atoms with Gasteiger partial charge in [-0.2, -0.15) is 0 Å².